The van der Waals surface area contributed by atoms with Crippen LogP contribution in [0.15, 0.2) is 23.1 Å². The number of benzene rings is 1. The lowest BCUT2D eigenvalue weighted by Gasteiger charge is -1.95. The second kappa shape index (κ2) is 3.14. The maximum absolute atomic E-state index is 10.6. The number of aromatic hydroxyl groups is 1. The number of nitro groups is 1. The average molecular weight is 227 g/mol. The molecule has 0 amide bonds. The molecule has 1 aromatic heterocycles. The Morgan fingerprint density at radius 1 is 1.50 bits per heavy atom. The predicted molar refractivity (Wildman–Crippen MR) is 57.4 cm³/mol. The third-order valence-electron chi connectivity index (χ3n) is 1.82. The molecule has 72 valence electrons. The average Bonchev–Trinajstić information content (AvgIpc) is 2.47. The van der Waals surface area contributed by atoms with Crippen molar-refractivity contribution in [2.75, 3.05) is 0 Å². The zero-order chi connectivity index (χ0) is 10.3. The van der Waals surface area contributed by atoms with Gasteiger partial charge in [0, 0.05) is 17.0 Å². The molecular weight excluding hydrogens is 222 g/mol. The smallest absolute Gasteiger partial charge is 0.278 e. The highest BCUT2D eigenvalue weighted by Gasteiger charge is 2.15. The summed E-state index contributed by atoms with van der Waals surface area (Å²) in [6.07, 6.45) is 0. The topological polar surface area (TPSA) is 63.4 Å². The third kappa shape index (κ3) is 1.32. The van der Waals surface area contributed by atoms with Crippen molar-refractivity contribution in [1.29, 1.82) is 0 Å². The number of nitro benzene ring substituents is 1. The Bertz CT molecular complexity index is 521. The van der Waals surface area contributed by atoms with E-state index >= 15 is 0 Å². The molecule has 4 nitrogen and oxygen atoms in total. The normalized spacial score (nSPS) is 10.6. The molecule has 1 N–H and O–H groups in total. The van der Waals surface area contributed by atoms with Gasteiger partial charge in [-0.25, -0.2) is 0 Å². The fourth-order valence-electron chi connectivity index (χ4n) is 1.24. The molecule has 0 aliphatic heterocycles. The Balaban J connectivity index is 2.87. The maximum Gasteiger partial charge on any atom is 0.278 e. The number of rotatable bonds is 1. The van der Waals surface area contributed by atoms with Crippen LogP contribution in [0.5, 0.6) is 5.06 Å². The fraction of sp³-hybridized carbons (Fsp3) is 0. The molecule has 1 aromatic carbocycles. The van der Waals surface area contributed by atoms with Crippen LogP contribution in [0.25, 0.3) is 10.1 Å². The molecule has 0 atom stereocenters. The van der Waals surface area contributed by atoms with Crippen molar-refractivity contribution in [3.8, 4) is 5.06 Å². The first-order valence-corrected chi connectivity index (χ1v) is 4.95. The molecule has 2 aromatic rings. The van der Waals surface area contributed by atoms with Gasteiger partial charge in [0.25, 0.3) is 5.69 Å². The quantitative estimate of drug-likeness (QED) is 0.447. The zero-order valence-electron chi connectivity index (χ0n) is 6.80. The van der Waals surface area contributed by atoms with Crippen LogP contribution in [0.1, 0.15) is 0 Å². The van der Waals surface area contributed by atoms with Gasteiger partial charge in [-0.2, -0.15) is 0 Å². The Hall–Kier alpha value is -1.27. The van der Waals surface area contributed by atoms with Crippen LogP contribution in [0.3, 0.4) is 0 Å². The van der Waals surface area contributed by atoms with Crippen molar-refractivity contribution in [2.45, 2.75) is 4.90 Å². The fourth-order valence-corrected chi connectivity index (χ4v) is 2.40. The minimum absolute atomic E-state index is 0.00523. The van der Waals surface area contributed by atoms with Gasteiger partial charge in [-0.05, 0) is 6.07 Å². The zero-order valence-corrected chi connectivity index (χ0v) is 8.51. The lowest BCUT2D eigenvalue weighted by molar-refractivity contribution is -0.383. The summed E-state index contributed by atoms with van der Waals surface area (Å²) in [5.41, 5.74) is -0.00523. The summed E-state index contributed by atoms with van der Waals surface area (Å²) in [5, 5.41) is 20.4. The van der Waals surface area contributed by atoms with E-state index in [1.165, 1.54) is 12.1 Å². The number of hydrogen-bond donors (Lipinski definition) is 2. The number of hydrogen-bond acceptors (Lipinski definition) is 5. The van der Waals surface area contributed by atoms with Crippen LogP contribution in [-0.2, 0) is 0 Å². The van der Waals surface area contributed by atoms with E-state index in [4.69, 9.17) is 0 Å². The SMILES string of the molecule is O=[N+]([O-])c1ccc(S)c2sc(O)cc12. The minimum Gasteiger partial charge on any atom is -0.499 e. The highest BCUT2D eigenvalue weighted by atomic mass is 32.1. The first-order chi connectivity index (χ1) is 6.59. The molecule has 0 aliphatic carbocycles. The van der Waals surface area contributed by atoms with Gasteiger partial charge in [0.05, 0.1) is 15.0 Å². The van der Waals surface area contributed by atoms with Crippen LogP contribution in [0.4, 0.5) is 5.69 Å². The molecule has 0 aliphatic rings. The van der Waals surface area contributed by atoms with Crippen molar-refractivity contribution < 1.29 is 10.0 Å². The van der Waals surface area contributed by atoms with Crippen molar-refractivity contribution in [3.05, 3.63) is 28.3 Å². The highest BCUT2D eigenvalue weighted by Crippen LogP contribution is 2.39. The van der Waals surface area contributed by atoms with Crippen LogP contribution in [0, 0.1) is 10.1 Å². The van der Waals surface area contributed by atoms with E-state index in [0.29, 0.717) is 15.0 Å². The second-order valence-electron chi connectivity index (χ2n) is 2.69. The van der Waals surface area contributed by atoms with E-state index in [1.54, 1.807) is 6.07 Å². The first kappa shape index (κ1) is 9.29. The van der Waals surface area contributed by atoms with Crippen LogP contribution < -0.4 is 0 Å². The Labute approximate surface area is 88.4 Å². The Morgan fingerprint density at radius 2 is 2.21 bits per heavy atom. The van der Waals surface area contributed by atoms with Crippen molar-refractivity contribution in [2.24, 2.45) is 0 Å². The van der Waals surface area contributed by atoms with Crippen LogP contribution in [0.2, 0.25) is 0 Å². The Kier molecular flexibility index (Phi) is 2.09. The first-order valence-electron chi connectivity index (χ1n) is 3.68. The predicted octanol–water partition coefficient (Wildman–Crippen LogP) is 2.80. The van der Waals surface area contributed by atoms with Gasteiger partial charge in [-0.15, -0.1) is 12.6 Å². The molecule has 0 spiro atoms. The molecule has 0 saturated carbocycles. The molecule has 1 heterocycles. The van der Waals surface area contributed by atoms with Gasteiger partial charge in [0.15, 0.2) is 5.06 Å². The number of non-ortho nitro benzene ring substituents is 1. The van der Waals surface area contributed by atoms with E-state index in [9.17, 15) is 15.2 Å². The van der Waals surface area contributed by atoms with Gasteiger partial charge in [0.1, 0.15) is 0 Å². The summed E-state index contributed by atoms with van der Waals surface area (Å²) >= 11 is 5.24. The summed E-state index contributed by atoms with van der Waals surface area (Å²) < 4.78 is 0.639. The minimum atomic E-state index is -0.471. The lowest BCUT2D eigenvalue weighted by atomic mass is 10.2. The van der Waals surface area contributed by atoms with Gasteiger partial charge >= 0.3 is 0 Å². The molecule has 2 rings (SSSR count). The largest absolute Gasteiger partial charge is 0.499 e. The van der Waals surface area contributed by atoms with E-state index < -0.39 is 4.92 Å². The number of nitrogens with zero attached hydrogens (tertiary/aromatic N) is 1. The lowest BCUT2D eigenvalue weighted by Crippen LogP contribution is -1.87. The summed E-state index contributed by atoms with van der Waals surface area (Å²) in [4.78, 5) is 10.8. The second-order valence-corrected chi connectivity index (χ2v) is 4.20. The van der Waals surface area contributed by atoms with Gasteiger partial charge in [-0.3, -0.25) is 10.1 Å². The molecule has 0 fully saturated rings. The summed E-state index contributed by atoms with van der Waals surface area (Å²) in [5.74, 6) is 0. The summed E-state index contributed by atoms with van der Waals surface area (Å²) in [6, 6.07) is 4.33. The molecule has 0 bridgehead atoms. The Morgan fingerprint density at radius 3 is 2.86 bits per heavy atom. The summed E-state index contributed by atoms with van der Waals surface area (Å²) in [7, 11) is 0. The number of thiol groups is 1. The molecule has 0 radical (unpaired) electrons. The number of thiophene rings is 1. The number of fused-ring (bicyclic) bond motifs is 1. The van der Waals surface area contributed by atoms with E-state index in [2.05, 4.69) is 12.6 Å². The van der Waals surface area contributed by atoms with Gasteiger partial charge < -0.3 is 5.11 Å². The maximum atomic E-state index is 10.6. The van der Waals surface area contributed by atoms with E-state index in [1.807, 2.05) is 0 Å². The third-order valence-corrected chi connectivity index (χ3v) is 3.32. The molecule has 0 saturated heterocycles. The molecule has 14 heavy (non-hydrogen) atoms. The van der Waals surface area contributed by atoms with Gasteiger partial charge in [-0.1, -0.05) is 11.3 Å². The summed E-state index contributed by atoms with van der Waals surface area (Å²) in [6.45, 7) is 0. The standard InChI is InChI=1S/C8H5NO3S2/c10-7-3-4-5(9(11)12)1-2-6(13)8(4)14-7/h1-3,10,13H. The molecule has 0 unspecified atom stereocenters. The molecular formula is C8H5NO3S2. The van der Waals surface area contributed by atoms with Crippen molar-refractivity contribution in [1.82, 2.24) is 0 Å². The molecule has 6 heteroatoms. The van der Waals surface area contributed by atoms with Crippen LogP contribution in [-0.4, -0.2) is 10.0 Å². The van der Waals surface area contributed by atoms with Crippen molar-refractivity contribution in [3.63, 3.8) is 0 Å². The monoisotopic (exact) mass is 227 g/mol. The van der Waals surface area contributed by atoms with E-state index in [-0.39, 0.29) is 10.8 Å². The van der Waals surface area contributed by atoms with Crippen molar-refractivity contribution >= 4 is 39.7 Å². The van der Waals surface area contributed by atoms with E-state index in [0.717, 1.165) is 11.3 Å². The van der Waals surface area contributed by atoms with Gasteiger partial charge in [0.2, 0.25) is 0 Å². The highest BCUT2D eigenvalue weighted by molar-refractivity contribution is 7.80. The van der Waals surface area contributed by atoms with Crippen LogP contribution >= 0.6 is 24.0 Å².